The van der Waals surface area contributed by atoms with Crippen molar-refractivity contribution in [2.75, 3.05) is 24.6 Å². The Labute approximate surface area is 212 Å². The van der Waals surface area contributed by atoms with Crippen molar-refractivity contribution in [3.63, 3.8) is 0 Å². The fourth-order valence-corrected chi connectivity index (χ4v) is 16.8. The third-order valence-electron chi connectivity index (χ3n) is 9.08. The van der Waals surface area contributed by atoms with Crippen LogP contribution in [-0.2, 0) is 0 Å². The molecular weight excluding hydrogens is 446 g/mol. The normalized spacial score (nSPS) is 16.5. The van der Waals surface area contributed by atoms with Gasteiger partial charge in [-0.1, -0.05) is 0 Å². The molecule has 0 spiro atoms. The second kappa shape index (κ2) is 13.2. The Morgan fingerprint density at radius 3 is 1.65 bits per heavy atom. The molecule has 0 saturated heterocycles. The molecule has 0 amide bonds. The van der Waals surface area contributed by atoms with Gasteiger partial charge >= 0.3 is 212 Å². The average molecular weight is 497 g/mol. The molecule has 1 unspecified atom stereocenters. The topological polar surface area (TPSA) is 0 Å². The Balaban J connectivity index is 2.06. The number of hydrogen-bond donors (Lipinski definition) is 0. The van der Waals surface area contributed by atoms with E-state index in [-0.39, 0.29) is 0 Å². The molecular formula is C32H50P2. The van der Waals surface area contributed by atoms with Crippen molar-refractivity contribution in [1.29, 1.82) is 0 Å². The molecule has 1 aliphatic carbocycles. The molecule has 34 heavy (non-hydrogen) atoms. The van der Waals surface area contributed by atoms with Crippen LogP contribution in [0, 0.1) is 0 Å². The first-order valence-electron chi connectivity index (χ1n) is 14.1. The summed E-state index contributed by atoms with van der Waals surface area (Å²) in [4.78, 5) is 0. The molecule has 0 heterocycles. The van der Waals surface area contributed by atoms with E-state index in [1.165, 1.54) is 63.2 Å². The van der Waals surface area contributed by atoms with Crippen LogP contribution in [0.3, 0.4) is 0 Å². The first-order valence-corrected chi connectivity index (χ1v) is 19.0. The summed E-state index contributed by atoms with van der Waals surface area (Å²) < 4.78 is 0. The standard InChI is InChI=1S/C32H50P2/c1-6-10-26-33(8-3,9-4)28(5)29-22-24-32(25-23-29)34(27-11-7-2,30-18-14-12-15-19-30)31-20-16-13-17-21-31/h12-22,24,28,33-34H,6-11,23,25-27H2,1-5H3. The molecule has 0 N–H and O–H groups in total. The third-order valence-corrected chi connectivity index (χ3v) is 20.7. The Morgan fingerprint density at radius 1 is 0.676 bits per heavy atom. The van der Waals surface area contributed by atoms with Gasteiger partial charge in [0.25, 0.3) is 0 Å². The summed E-state index contributed by atoms with van der Waals surface area (Å²) in [7, 11) is -3.25. The zero-order chi connectivity index (χ0) is 24.4. The molecule has 0 fully saturated rings. The molecule has 0 nitrogen and oxygen atoms in total. The van der Waals surface area contributed by atoms with Gasteiger partial charge in [-0.05, 0) is 0 Å². The van der Waals surface area contributed by atoms with Crippen LogP contribution in [0.25, 0.3) is 0 Å². The summed E-state index contributed by atoms with van der Waals surface area (Å²) in [6.45, 7) is 12.3. The summed E-state index contributed by atoms with van der Waals surface area (Å²) in [5.41, 5.74) is 2.57. The van der Waals surface area contributed by atoms with Gasteiger partial charge in [0.2, 0.25) is 0 Å². The first kappa shape index (κ1) is 27.4. The van der Waals surface area contributed by atoms with E-state index in [0.717, 1.165) is 5.66 Å². The van der Waals surface area contributed by atoms with E-state index in [4.69, 9.17) is 0 Å². The van der Waals surface area contributed by atoms with Crippen molar-refractivity contribution in [1.82, 2.24) is 0 Å². The Hall–Kier alpha value is -1.22. The molecule has 0 aliphatic heterocycles. The number of allylic oxidation sites excluding steroid dienone is 4. The zero-order valence-corrected chi connectivity index (χ0v) is 24.6. The van der Waals surface area contributed by atoms with Gasteiger partial charge in [-0.25, -0.2) is 0 Å². The number of unbranched alkanes of at least 4 members (excludes halogenated alkanes) is 2. The van der Waals surface area contributed by atoms with Crippen molar-refractivity contribution in [3.05, 3.63) is 83.7 Å². The summed E-state index contributed by atoms with van der Waals surface area (Å²) in [5, 5.41) is 4.95. The van der Waals surface area contributed by atoms with E-state index in [0.29, 0.717) is 0 Å². The van der Waals surface area contributed by atoms with Gasteiger partial charge < -0.3 is 0 Å². The molecule has 0 bridgehead atoms. The van der Waals surface area contributed by atoms with E-state index in [1.807, 2.05) is 0 Å². The van der Waals surface area contributed by atoms with Gasteiger partial charge in [-0.3, -0.25) is 0 Å². The van der Waals surface area contributed by atoms with Gasteiger partial charge in [0.15, 0.2) is 0 Å². The Kier molecular flexibility index (Phi) is 10.6. The monoisotopic (exact) mass is 496 g/mol. The first-order chi connectivity index (χ1) is 16.6. The van der Waals surface area contributed by atoms with E-state index < -0.39 is 14.5 Å². The summed E-state index contributed by atoms with van der Waals surface area (Å²) >= 11 is 0. The van der Waals surface area contributed by atoms with Gasteiger partial charge in [0.05, 0.1) is 0 Å². The van der Waals surface area contributed by atoms with Gasteiger partial charge in [0.1, 0.15) is 0 Å². The maximum atomic E-state index is 2.61. The molecule has 2 aromatic carbocycles. The molecule has 3 rings (SSSR count). The Bertz CT molecular complexity index is 882. The molecule has 1 aliphatic rings. The number of rotatable bonds is 13. The van der Waals surface area contributed by atoms with Crippen molar-refractivity contribution >= 4 is 25.1 Å². The van der Waals surface area contributed by atoms with Crippen LogP contribution in [0.5, 0.6) is 0 Å². The second-order valence-corrected chi connectivity index (χ2v) is 20.2. The fourth-order valence-electron chi connectivity index (χ4n) is 6.60. The molecule has 1 atom stereocenters. The van der Waals surface area contributed by atoms with Crippen LogP contribution >= 0.6 is 14.5 Å². The van der Waals surface area contributed by atoms with Gasteiger partial charge in [0, 0.05) is 0 Å². The molecule has 2 heteroatoms. The minimum absolute atomic E-state index is 0.812. The van der Waals surface area contributed by atoms with E-state index >= 15 is 0 Å². The molecule has 188 valence electrons. The van der Waals surface area contributed by atoms with Crippen LogP contribution in [0.4, 0.5) is 0 Å². The molecule has 2 aromatic rings. The number of benzene rings is 2. The van der Waals surface area contributed by atoms with E-state index in [9.17, 15) is 0 Å². The van der Waals surface area contributed by atoms with Gasteiger partial charge in [-0.2, -0.15) is 0 Å². The van der Waals surface area contributed by atoms with Crippen LogP contribution in [0.15, 0.2) is 83.7 Å². The zero-order valence-electron chi connectivity index (χ0n) is 22.6. The van der Waals surface area contributed by atoms with Gasteiger partial charge in [-0.15, -0.1) is 0 Å². The van der Waals surface area contributed by atoms with Crippen molar-refractivity contribution in [2.24, 2.45) is 0 Å². The third kappa shape index (κ3) is 5.77. The molecule has 0 saturated carbocycles. The molecule has 0 aromatic heterocycles. The predicted molar refractivity (Wildman–Crippen MR) is 164 cm³/mol. The Morgan fingerprint density at radius 2 is 1.21 bits per heavy atom. The van der Waals surface area contributed by atoms with Crippen LogP contribution in [0.1, 0.15) is 73.1 Å². The van der Waals surface area contributed by atoms with Crippen LogP contribution in [0.2, 0.25) is 0 Å². The van der Waals surface area contributed by atoms with Crippen molar-refractivity contribution in [3.8, 4) is 0 Å². The summed E-state index contributed by atoms with van der Waals surface area (Å²) in [6.07, 6.45) is 18.8. The summed E-state index contributed by atoms with van der Waals surface area (Å²) in [6, 6.07) is 23.1. The SMILES string of the molecule is CCCC[PH](C1=CC=C(C(C)[PH](CC)(CC)CCCC)CC1)(c1ccccc1)c1ccccc1. The van der Waals surface area contributed by atoms with E-state index in [1.54, 1.807) is 21.5 Å². The predicted octanol–water partition coefficient (Wildman–Crippen LogP) is 8.77. The average Bonchev–Trinajstić information content (AvgIpc) is 2.91. The van der Waals surface area contributed by atoms with Crippen LogP contribution < -0.4 is 10.6 Å². The van der Waals surface area contributed by atoms with Crippen molar-refractivity contribution in [2.45, 2.75) is 78.8 Å². The summed E-state index contributed by atoms with van der Waals surface area (Å²) in [5.74, 6) is 0. The fraction of sp³-hybridized carbons (Fsp3) is 0.500. The number of hydrogen-bond acceptors (Lipinski definition) is 0. The maximum absolute atomic E-state index is 2.61. The van der Waals surface area contributed by atoms with Crippen molar-refractivity contribution < 1.29 is 0 Å². The second-order valence-electron chi connectivity index (χ2n) is 10.6. The van der Waals surface area contributed by atoms with Crippen LogP contribution in [-0.4, -0.2) is 30.3 Å². The van der Waals surface area contributed by atoms with E-state index in [2.05, 4.69) is 107 Å². The molecule has 0 radical (unpaired) electrons. The minimum atomic E-state index is -1.99. The quantitative estimate of drug-likeness (QED) is 0.243.